The van der Waals surface area contributed by atoms with E-state index in [0.717, 1.165) is 33.6 Å². The van der Waals surface area contributed by atoms with E-state index in [2.05, 4.69) is 10.3 Å². The highest BCUT2D eigenvalue weighted by molar-refractivity contribution is 8.00. The second-order valence-electron chi connectivity index (χ2n) is 6.19. The number of thioether (sulfide) groups is 1. The highest BCUT2D eigenvalue weighted by Crippen LogP contribution is 2.31. The number of halogens is 1. The third kappa shape index (κ3) is 5.21. The largest absolute Gasteiger partial charge is 0.497 e. The number of hydrogen-bond acceptors (Lipinski definition) is 6. The van der Waals surface area contributed by atoms with Gasteiger partial charge in [0, 0.05) is 20.9 Å². The van der Waals surface area contributed by atoms with Crippen LogP contribution in [0.5, 0.6) is 5.75 Å². The van der Waals surface area contributed by atoms with Crippen LogP contribution in [0.1, 0.15) is 22.2 Å². The van der Waals surface area contributed by atoms with Gasteiger partial charge in [-0.1, -0.05) is 6.07 Å². The Bertz CT molecular complexity index is 1050. The van der Waals surface area contributed by atoms with Gasteiger partial charge in [0.15, 0.2) is 10.9 Å². The van der Waals surface area contributed by atoms with E-state index in [4.69, 9.17) is 4.74 Å². The first-order valence-corrected chi connectivity index (χ1v) is 10.5. The molecule has 1 heterocycles. The summed E-state index contributed by atoms with van der Waals surface area (Å²) in [5, 5.41) is 3.25. The maximum absolute atomic E-state index is 14.1. The Labute approximate surface area is 176 Å². The Balaban J connectivity index is 1.63. The van der Waals surface area contributed by atoms with Gasteiger partial charge in [0.05, 0.1) is 18.6 Å². The molecule has 1 aromatic heterocycles. The number of carbonyl (C=O) groups excluding carboxylic acids is 2. The molecule has 0 spiro atoms. The number of Topliss-reactive ketones (excluding diaryl/α,β-unsaturated/α-hetero) is 1. The summed E-state index contributed by atoms with van der Waals surface area (Å²) in [6.45, 7) is 3.32. The number of ketones is 1. The summed E-state index contributed by atoms with van der Waals surface area (Å²) in [6.07, 6.45) is 0. The second kappa shape index (κ2) is 9.19. The lowest BCUT2D eigenvalue weighted by Crippen LogP contribution is -2.14. The van der Waals surface area contributed by atoms with Crippen molar-refractivity contribution in [2.24, 2.45) is 0 Å². The molecule has 0 bridgehead atoms. The Morgan fingerprint density at radius 3 is 2.55 bits per heavy atom. The number of methoxy groups -OCH3 is 1. The molecule has 0 saturated carbocycles. The van der Waals surface area contributed by atoms with E-state index in [9.17, 15) is 14.0 Å². The van der Waals surface area contributed by atoms with Gasteiger partial charge in [0.1, 0.15) is 11.6 Å². The molecule has 0 aliphatic heterocycles. The van der Waals surface area contributed by atoms with Gasteiger partial charge in [0.25, 0.3) is 0 Å². The summed E-state index contributed by atoms with van der Waals surface area (Å²) in [6, 6.07) is 11.8. The molecular weight excluding hydrogens is 411 g/mol. The van der Waals surface area contributed by atoms with Crippen LogP contribution >= 0.6 is 23.1 Å². The summed E-state index contributed by atoms with van der Waals surface area (Å²) in [5.74, 6) is -0.199. The van der Waals surface area contributed by atoms with Gasteiger partial charge < -0.3 is 10.1 Å². The SMILES string of the molecule is COc1ccc(-c2nc(NC(=O)CSc3ccc(C(C)=O)cc3F)sc2C)cc1. The van der Waals surface area contributed by atoms with Gasteiger partial charge in [0.2, 0.25) is 5.91 Å². The molecule has 2 aromatic carbocycles. The van der Waals surface area contributed by atoms with Crippen molar-refractivity contribution in [1.82, 2.24) is 4.98 Å². The van der Waals surface area contributed by atoms with Crippen molar-refractivity contribution >= 4 is 39.9 Å². The zero-order valence-electron chi connectivity index (χ0n) is 16.1. The standard InChI is InChI=1S/C21H19FN2O3S2/c1-12(25)15-6-9-18(17(22)10-15)28-11-19(26)23-21-24-20(13(2)29-21)14-4-7-16(27-3)8-5-14/h4-10H,11H2,1-3H3,(H,23,24,26). The lowest BCUT2D eigenvalue weighted by Gasteiger charge is -2.05. The van der Waals surface area contributed by atoms with E-state index in [1.165, 1.54) is 30.4 Å². The van der Waals surface area contributed by atoms with Crippen molar-refractivity contribution in [1.29, 1.82) is 0 Å². The van der Waals surface area contributed by atoms with E-state index in [1.54, 1.807) is 13.2 Å². The first-order valence-electron chi connectivity index (χ1n) is 8.72. The second-order valence-corrected chi connectivity index (χ2v) is 8.41. The summed E-state index contributed by atoms with van der Waals surface area (Å²) in [7, 11) is 1.61. The van der Waals surface area contributed by atoms with Crippen LogP contribution < -0.4 is 10.1 Å². The summed E-state index contributed by atoms with van der Waals surface area (Å²) in [5.41, 5.74) is 2.04. The number of hydrogen-bond donors (Lipinski definition) is 1. The molecule has 1 amide bonds. The van der Waals surface area contributed by atoms with Gasteiger partial charge in [-0.05, 0) is 50.2 Å². The molecule has 1 N–H and O–H groups in total. The molecule has 0 unspecified atom stereocenters. The maximum atomic E-state index is 14.1. The van der Waals surface area contributed by atoms with Crippen LogP contribution in [0, 0.1) is 12.7 Å². The number of nitrogens with one attached hydrogen (secondary N) is 1. The average molecular weight is 431 g/mol. The minimum absolute atomic E-state index is 0.0346. The van der Waals surface area contributed by atoms with Crippen molar-refractivity contribution in [3.8, 4) is 17.0 Å². The Kier molecular flexibility index (Phi) is 6.66. The molecule has 3 aromatic rings. The van der Waals surface area contributed by atoms with Gasteiger partial charge in [-0.25, -0.2) is 9.37 Å². The number of nitrogens with zero attached hydrogens (tertiary/aromatic N) is 1. The highest BCUT2D eigenvalue weighted by Gasteiger charge is 2.14. The van der Waals surface area contributed by atoms with Crippen LogP contribution in [0.15, 0.2) is 47.4 Å². The van der Waals surface area contributed by atoms with Crippen molar-refractivity contribution < 1.29 is 18.7 Å². The van der Waals surface area contributed by atoms with Crippen LogP contribution in [0.2, 0.25) is 0 Å². The number of benzene rings is 2. The fourth-order valence-electron chi connectivity index (χ4n) is 2.60. The zero-order chi connectivity index (χ0) is 21.0. The average Bonchev–Trinajstić information content (AvgIpc) is 3.06. The molecule has 0 fully saturated rings. The van der Waals surface area contributed by atoms with Crippen LogP contribution in [-0.2, 0) is 4.79 Å². The quantitative estimate of drug-likeness (QED) is 0.412. The predicted molar refractivity (Wildman–Crippen MR) is 115 cm³/mol. The Hall–Kier alpha value is -2.71. The van der Waals surface area contributed by atoms with Crippen LogP contribution in [-0.4, -0.2) is 29.5 Å². The first-order chi connectivity index (χ1) is 13.9. The molecule has 0 aliphatic rings. The molecule has 3 rings (SSSR count). The molecule has 0 atom stereocenters. The molecule has 29 heavy (non-hydrogen) atoms. The molecule has 150 valence electrons. The van der Waals surface area contributed by atoms with Crippen LogP contribution in [0.3, 0.4) is 0 Å². The van der Waals surface area contributed by atoms with Crippen molar-refractivity contribution in [3.63, 3.8) is 0 Å². The van der Waals surface area contributed by atoms with Crippen molar-refractivity contribution in [3.05, 3.63) is 58.7 Å². The monoisotopic (exact) mass is 430 g/mol. The first kappa shape index (κ1) is 21.0. The third-order valence-corrected chi connectivity index (χ3v) is 6.04. The molecule has 8 heteroatoms. The lowest BCUT2D eigenvalue weighted by molar-refractivity contribution is -0.113. The lowest BCUT2D eigenvalue weighted by atomic mass is 10.1. The smallest absolute Gasteiger partial charge is 0.236 e. The van der Waals surface area contributed by atoms with E-state index in [0.29, 0.717) is 15.6 Å². The van der Waals surface area contributed by atoms with Gasteiger partial charge >= 0.3 is 0 Å². The van der Waals surface area contributed by atoms with Crippen LogP contribution in [0.25, 0.3) is 11.3 Å². The molecular formula is C21H19FN2O3S2. The third-order valence-electron chi connectivity index (χ3n) is 4.10. The van der Waals surface area contributed by atoms with E-state index in [1.807, 2.05) is 31.2 Å². The van der Waals surface area contributed by atoms with E-state index >= 15 is 0 Å². The minimum atomic E-state index is -0.512. The number of thiazole rings is 1. The molecule has 0 saturated heterocycles. The summed E-state index contributed by atoms with van der Waals surface area (Å²) in [4.78, 5) is 29.3. The molecule has 0 radical (unpaired) electrons. The summed E-state index contributed by atoms with van der Waals surface area (Å²) >= 11 is 2.45. The van der Waals surface area contributed by atoms with Crippen LogP contribution in [0.4, 0.5) is 9.52 Å². The van der Waals surface area contributed by atoms with E-state index < -0.39 is 5.82 Å². The Morgan fingerprint density at radius 1 is 1.21 bits per heavy atom. The number of aromatic nitrogens is 1. The Morgan fingerprint density at radius 2 is 1.93 bits per heavy atom. The van der Waals surface area contributed by atoms with E-state index in [-0.39, 0.29) is 17.4 Å². The van der Waals surface area contributed by atoms with Crippen molar-refractivity contribution in [2.75, 3.05) is 18.2 Å². The number of ether oxygens (including phenoxy) is 1. The summed E-state index contributed by atoms with van der Waals surface area (Å²) < 4.78 is 19.2. The fraction of sp³-hybridized carbons (Fsp3) is 0.190. The highest BCUT2D eigenvalue weighted by atomic mass is 32.2. The zero-order valence-corrected chi connectivity index (χ0v) is 17.7. The number of carbonyl (C=O) groups is 2. The molecule has 5 nitrogen and oxygen atoms in total. The number of rotatable bonds is 7. The predicted octanol–water partition coefficient (Wildman–Crippen LogP) is 5.20. The maximum Gasteiger partial charge on any atom is 0.236 e. The fourth-order valence-corrected chi connectivity index (χ4v) is 4.17. The number of anilines is 1. The molecule has 0 aliphatic carbocycles. The van der Waals surface area contributed by atoms with Gasteiger partial charge in [-0.3, -0.25) is 9.59 Å². The topological polar surface area (TPSA) is 68.3 Å². The van der Waals surface area contributed by atoms with Gasteiger partial charge in [-0.2, -0.15) is 0 Å². The normalized spacial score (nSPS) is 10.6. The van der Waals surface area contributed by atoms with Gasteiger partial charge in [-0.15, -0.1) is 23.1 Å². The number of aryl methyl sites for hydroxylation is 1. The minimum Gasteiger partial charge on any atom is -0.497 e. The number of amides is 1. The van der Waals surface area contributed by atoms with Crippen molar-refractivity contribution in [2.45, 2.75) is 18.7 Å².